The van der Waals surface area contributed by atoms with Crippen molar-refractivity contribution in [3.63, 3.8) is 0 Å². The third-order valence-electron chi connectivity index (χ3n) is 3.22. The minimum absolute atomic E-state index is 0.251. The maximum absolute atomic E-state index is 5.26. The molecule has 1 saturated heterocycles. The molecular formula is C11H21N5O. The van der Waals surface area contributed by atoms with E-state index >= 15 is 0 Å². The summed E-state index contributed by atoms with van der Waals surface area (Å²) < 4.78 is 5.26. The molecule has 0 amide bonds. The van der Waals surface area contributed by atoms with E-state index in [0.29, 0.717) is 0 Å². The number of hydrogen-bond acceptors (Lipinski definition) is 6. The van der Waals surface area contributed by atoms with Gasteiger partial charge in [-0.1, -0.05) is 5.16 Å². The Balaban J connectivity index is 2.02. The first-order valence-electron chi connectivity index (χ1n) is 6.06. The highest BCUT2D eigenvalue weighted by molar-refractivity contribution is 4.98. The molecule has 6 nitrogen and oxygen atoms in total. The van der Waals surface area contributed by atoms with Gasteiger partial charge in [0.1, 0.15) is 0 Å². The number of nitrogens with one attached hydrogen (secondary N) is 1. The maximum Gasteiger partial charge on any atom is 0.227 e. The fourth-order valence-electron chi connectivity index (χ4n) is 2.03. The first-order chi connectivity index (χ1) is 8.20. The summed E-state index contributed by atoms with van der Waals surface area (Å²) in [6, 6.07) is 0.251. The van der Waals surface area contributed by atoms with Crippen LogP contribution in [0.1, 0.15) is 17.8 Å². The first-order valence-corrected chi connectivity index (χ1v) is 6.06. The summed E-state index contributed by atoms with van der Waals surface area (Å²) in [6.45, 7) is 3.96. The van der Waals surface area contributed by atoms with Crippen molar-refractivity contribution in [3.05, 3.63) is 11.7 Å². The lowest BCUT2D eigenvalue weighted by Gasteiger charge is -2.35. The Morgan fingerprint density at radius 3 is 3.00 bits per heavy atom. The van der Waals surface area contributed by atoms with Gasteiger partial charge in [-0.25, -0.2) is 0 Å². The van der Waals surface area contributed by atoms with E-state index in [0.717, 1.165) is 44.3 Å². The summed E-state index contributed by atoms with van der Waals surface area (Å²) >= 11 is 0. The van der Waals surface area contributed by atoms with Crippen LogP contribution < -0.4 is 5.32 Å². The second-order valence-electron chi connectivity index (χ2n) is 4.66. The number of piperazine rings is 1. The zero-order chi connectivity index (χ0) is 12.3. The molecular weight excluding hydrogens is 218 g/mol. The quantitative estimate of drug-likeness (QED) is 0.782. The lowest BCUT2D eigenvalue weighted by molar-refractivity contribution is 0.108. The largest absolute Gasteiger partial charge is 0.339 e. The molecule has 6 heteroatoms. The van der Waals surface area contributed by atoms with Crippen LogP contribution in [0.5, 0.6) is 0 Å². The van der Waals surface area contributed by atoms with Gasteiger partial charge in [-0.15, -0.1) is 0 Å². The molecule has 1 N–H and O–H groups in total. The molecule has 1 atom stereocenters. The highest BCUT2D eigenvalue weighted by atomic mass is 16.5. The zero-order valence-electron chi connectivity index (χ0n) is 10.8. The van der Waals surface area contributed by atoms with Gasteiger partial charge in [0.25, 0.3) is 0 Å². The van der Waals surface area contributed by atoms with Crippen molar-refractivity contribution in [2.24, 2.45) is 0 Å². The minimum atomic E-state index is 0.251. The van der Waals surface area contributed by atoms with E-state index in [9.17, 15) is 0 Å². The molecule has 0 bridgehead atoms. The van der Waals surface area contributed by atoms with Crippen LogP contribution in [-0.2, 0) is 6.42 Å². The Morgan fingerprint density at radius 1 is 1.41 bits per heavy atom. The molecule has 0 aliphatic carbocycles. The molecule has 1 unspecified atom stereocenters. The summed E-state index contributed by atoms with van der Waals surface area (Å²) in [5.41, 5.74) is 0. The molecule has 1 aromatic heterocycles. The van der Waals surface area contributed by atoms with Crippen molar-refractivity contribution >= 4 is 0 Å². The minimum Gasteiger partial charge on any atom is -0.339 e. The zero-order valence-corrected chi connectivity index (χ0v) is 10.8. The predicted octanol–water partition coefficient (Wildman–Crippen LogP) is -0.250. The topological polar surface area (TPSA) is 57.4 Å². The van der Waals surface area contributed by atoms with E-state index in [2.05, 4.69) is 39.4 Å². The van der Waals surface area contributed by atoms with Gasteiger partial charge in [-0.05, 0) is 21.1 Å². The maximum atomic E-state index is 5.26. The van der Waals surface area contributed by atoms with Crippen LogP contribution in [0.15, 0.2) is 4.52 Å². The number of likely N-dealkylation sites (N-methyl/N-ethyl adjacent to an activating group) is 3. The Hall–Kier alpha value is -0.980. The molecule has 17 heavy (non-hydrogen) atoms. The fraction of sp³-hybridized carbons (Fsp3) is 0.818. The Kier molecular flexibility index (Phi) is 4.09. The van der Waals surface area contributed by atoms with E-state index in [1.165, 1.54) is 0 Å². The molecule has 2 heterocycles. The number of hydrogen-bond donors (Lipinski definition) is 1. The predicted molar refractivity (Wildman–Crippen MR) is 64.8 cm³/mol. The summed E-state index contributed by atoms with van der Waals surface area (Å²) in [7, 11) is 6.16. The van der Waals surface area contributed by atoms with Gasteiger partial charge in [0, 0.05) is 32.6 Å². The number of nitrogens with zero attached hydrogens (tertiary/aromatic N) is 4. The van der Waals surface area contributed by atoms with Crippen molar-refractivity contribution in [2.45, 2.75) is 12.5 Å². The van der Waals surface area contributed by atoms with Gasteiger partial charge in [0.05, 0.1) is 6.04 Å². The summed E-state index contributed by atoms with van der Waals surface area (Å²) in [4.78, 5) is 9.05. The molecule has 1 aliphatic rings. The molecule has 0 aromatic carbocycles. The van der Waals surface area contributed by atoms with Crippen molar-refractivity contribution in [1.82, 2.24) is 25.3 Å². The molecule has 96 valence electrons. The monoisotopic (exact) mass is 239 g/mol. The highest BCUT2D eigenvalue weighted by Crippen LogP contribution is 2.20. The van der Waals surface area contributed by atoms with Gasteiger partial charge in [0.2, 0.25) is 5.89 Å². The first kappa shape index (κ1) is 12.5. The standard InChI is InChI=1S/C11H21N5O/c1-12-5-4-10-13-11(14-17-10)9-8-15(2)6-7-16(9)3/h9,12H,4-8H2,1-3H3. The average Bonchev–Trinajstić information content (AvgIpc) is 2.78. The Morgan fingerprint density at radius 2 is 2.24 bits per heavy atom. The number of rotatable bonds is 4. The Labute approximate surface area is 102 Å². The summed E-state index contributed by atoms with van der Waals surface area (Å²) in [6.07, 6.45) is 0.787. The molecule has 0 saturated carbocycles. The summed E-state index contributed by atoms with van der Waals surface area (Å²) in [5, 5.41) is 7.17. The second kappa shape index (κ2) is 5.57. The van der Waals surface area contributed by atoms with Crippen molar-refractivity contribution < 1.29 is 4.52 Å². The van der Waals surface area contributed by atoms with Crippen LogP contribution in [0.4, 0.5) is 0 Å². The molecule has 1 aromatic rings. The van der Waals surface area contributed by atoms with Crippen LogP contribution in [0, 0.1) is 0 Å². The van der Waals surface area contributed by atoms with E-state index in [1.54, 1.807) is 0 Å². The lowest BCUT2D eigenvalue weighted by Crippen LogP contribution is -2.45. The smallest absolute Gasteiger partial charge is 0.227 e. The Bertz CT molecular complexity index is 353. The van der Waals surface area contributed by atoms with E-state index in [4.69, 9.17) is 4.52 Å². The molecule has 1 aliphatic heterocycles. The van der Waals surface area contributed by atoms with Crippen molar-refractivity contribution in [1.29, 1.82) is 0 Å². The highest BCUT2D eigenvalue weighted by Gasteiger charge is 2.27. The van der Waals surface area contributed by atoms with Crippen LogP contribution in [-0.4, -0.2) is 67.3 Å². The molecule has 1 fully saturated rings. The normalized spacial score (nSPS) is 23.1. The van der Waals surface area contributed by atoms with Crippen LogP contribution in [0.2, 0.25) is 0 Å². The van der Waals surface area contributed by atoms with Crippen LogP contribution >= 0.6 is 0 Å². The molecule has 0 radical (unpaired) electrons. The van der Waals surface area contributed by atoms with Gasteiger partial charge in [-0.2, -0.15) is 4.98 Å². The molecule has 0 spiro atoms. The van der Waals surface area contributed by atoms with Gasteiger partial charge in [0.15, 0.2) is 5.82 Å². The van der Waals surface area contributed by atoms with Gasteiger partial charge < -0.3 is 14.7 Å². The van der Waals surface area contributed by atoms with Crippen LogP contribution in [0.25, 0.3) is 0 Å². The van der Waals surface area contributed by atoms with Crippen molar-refractivity contribution in [2.75, 3.05) is 47.3 Å². The fourth-order valence-corrected chi connectivity index (χ4v) is 2.03. The molecule has 2 rings (SSSR count). The van der Waals surface area contributed by atoms with Crippen molar-refractivity contribution in [3.8, 4) is 0 Å². The third kappa shape index (κ3) is 3.02. The van der Waals surface area contributed by atoms with Crippen LogP contribution in [0.3, 0.4) is 0 Å². The summed E-state index contributed by atoms with van der Waals surface area (Å²) in [5.74, 6) is 1.53. The lowest BCUT2D eigenvalue weighted by atomic mass is 10.2. The van der Waals surface area contributed by atoms with Gasteiger partial charge >= 0.3 is 0 Å². The average molecular weight is 239 g/mol. The third-order valence-corrected chi connectivity index (χ3v) is 3.22. The van der Waals surface area contributed by atoms with E-state index < -0.39 is 0 Å². The van der Waals surface area contributed by atoms with E-state index in [-0.39, 0.29) is 6.04 Å². The van der Waals surface area contributed by atoms with E-state index in [1.807, 2.05) is 7.05 Å². The second-order valence-corrected chi connectivity index (χ2v) is 4.66. The number of aromatic nitrogens is 2. The van der Waals surface area contributed by atoms with Gasteiger partial charge in [-0.3, -0.25) is 4.90 Å². The SMILES string of the molecule is CNCCc1nc(C2CN(C)CCN2C)no1.